The van der Waals surface area contributed by atoms with Crippen molar-refractivity contribution < 1.29 is 18.0 Å². The quantitative estimate of drug-likeness (QED) is 0.731. The highest BCUT2D eigenvalue weighted by Gasteiger charge is 2.20. The van der Waals surface area contributed by atoms with E-state index in [1.165, 1.54) is 0 Å². The zero-order valence-corrected chi connectivity index (χ0v) is 10.1. The summed E-state index contributed by atoms with van der Waals surface area (Å²) in [6, 6.07) is 1.04. The van der Waals surface area contributed by atoms with Crippen LogP contribution in [0.3, 0.4) is 0 Å². The molecule has 1 nitrogen and oxygen atoms in total. The fourth-order valence-electron chi connectivity index (χ4n) is 1.42. The third-order valence-corrected chi connectivity index (χ3v) is 2.39. The number of carbonyl (C=O) groups excluding carboxylic acids is 1. The maximum absolute atomic E-state index is 13.3. The molecule has 0 heterocycles. The number of hydrogen-bond donors (Lipinski definition) is 0. The fraction of sp³-hybridized carbons (Fsp3) is 0.462. The van der Waals surface area contributed by atoms with Gasteiger partial charge in [-0.2, -0.15) is 0 Å². The topological polar surface area (TPSA) is 17.1 Å². The van der Waals surface area contributed by atoms with E-state index in [4.69, 9.17) is 0 Å². The molecule has 1 aromatic rings. The lowest BCUT2D eigenvalue weighted by Crippen LogP contribution is -2.12. The van der Waals surface area contributed by atoms with Crippen molar-refractivity contribution in [2.24, 2.45) is 5.41 Å². The molecule has 0 saturated carbocycles. The van der Waals surface area contributed by atoms with Gasteiger partial charge in [0.1, 0.15) is 17.5 Å². The van der Waals surface area contributed by atoms with Crippen molar-refractivity contribution in [1.82, 2.24) is 0 Å². The summed E-state index contributed by atoms with van der Waals surface area (Å²) < 4.78 is 39.2. The zero-order valence-electron chi connectivity index (χ0n) is 10.1. The first-order chi connectivity index (χ1) is 7.70. The van der Waals surface area contributed by atoms with E-state index in [2.05, 4.69) is 0 Å². The van der Waals surface area contributed by atoms with Gasteiger partial charge in [-0.15, -0.1) is 0 Å². The van der Waals surface area contributed by atoms with Gasteiger partial charge in [-0.25, -0.2) is 13.2 Å². The third kappa shape index (κ3) is 3.88. The van der Waals surface area contributed by atoms with Crippen LogP contribution < -0.4 is 0 Å². The van der Waals surface area contributed by atoms with Gasteiger partial charge >= 0.3 is 0 Å². The van der Waals surface area contributed by atoms with Crippen molar-refractivity contribution >= 4 is 5.78 Å². The molecular formula is C13H15F3O. The van der Waals surface area contributed by atoms with Gasteiger partial charge in [-0.1, -0.05) is 20.8 Å². The van der Waals surface area contributed by atoms with Crippen LogP contribution in [0.2, 0.25) is 0 Å². The third-order valence-electron chi connectivity index (χ3n) is 2.39. The van der Waals surface area contributed by atoms with Crippen molar-refractivity contribution in [3.8, 4) is 0 Å². The molecule has 94 valence electrons. The molecule has 0 aliphatic rings. The van der Waals surface area contributed by atoms with Gasteiger partial charge in [-0.3, -0.25) is 4.79 Å². The number of ketones is 1. The highest BCUT2D eigenvalue weighted by atomic mass is 19.1. The Morgan fingerprint density at radius 1 is 1.12 bits per heavy atom. The van der Waals surface area contributed by atoms with E-state index in [1.54, 1.807) is 0 Å². The minimum absolute atomic E-state index is 0.0446. The molecule has 1 aromatic carbocycles. The van der Waals surface area contributed by atoms with Crippen molar-refractivity contribution in [3.63, 3.8) is 0 Å². The minimum atomic E-state index is -1.14. The molecule has 0 N–H and O–H groups in total. The largest absolute Gasteiger partial charge is 0.294 e. The molecule has 0 amide bonds. The summed E-state index contributed by atoms with van der Waals surface area (Å²) in [5.74, 6) is -3.93. The number of Topliss-reactive ketones (excluding diaryl/α,β-unsaturated/α-hetero) is 1. The van der Waals surface area contributed by atoms with Crippen LogP contribution in [-0.4, -0.2) is 5.78 Å². The van der Waals surface area contributed by atoms with E-state index < -0.39 is 28.8 Å². The van der Waals surface area contributed by atoms with Crippen molar-refractivity contribution in [2.75, 3.05) is 0 Å². The van der Waals surface area contributed by atoms with Gasteiger partial charge < -0.3 is 0 Å². The standard InChI is InChI=1S/C13H15F3O/c1-13(2,3)5-4-11(17)12-9(15)6-8(14)7-10(12)16/h6-7H,4-5H2,1-3H3. The monoisotopic (exact) mass is 244 g/mol. The van der Waals surface area contributed by atoms with Crippen molar-refractivity contribution in [1.29, 1.82) is 0 Å². The number of halogens is 3. The van der Waals surface area contributed by atoms with Gasteiger partial charge in [0.05, 0.1) is 5.56 Å². The second kappa shape index (κ2) is 4.90. The number of hydrogen-bond acceptors (Lipinski definition) is 1. The second-order valence-corrected chi connectivity index (χ2v) is 5.23. The summed E-state index contributed by atoms with van der Waals surface area (Å²) in [7, 11) is 0. The number of rotatable bonds is 3. The maximum Gasteiger partial charge on any atom is 0.168 e. The summed E-state index contributed by atoms with van der Waals surface area (Å²) in [6.45, 7) is 5.78. The molecule has 17 heavy (non-hydrogen) atoms. The normalized spacial score (nSPS) is 11.6. The lowest BCUT2D eigenvalue weighted by Gasteiger charge is -2.17. The van der Waals surface area contributed by atoms with E-state index in [0.717, 1.165) is 0 Å². The van der Waals surface area contributed by atoms with E-state index in [9.17, 15) is 18.0 Å². The molecule has 0 aromatic heterocycles. The number of benzene rings is 1. The lowest BCUT2D eigenvalue weighted by molar-refractivity contribution is 0.0957. The van der Waals surface area contributed by atoms with Crippen LogP contribution >= 0.6 is 0 Å². The smallest absolute Gasteiger partial charge is 0.168 e. The Morgan fingerprint density at radius 3 is 2.00 bits per heavy atom. The summed E-state index contributed by atoms with van der Waals surface area (Å²) >= 11 is 0. The highest BCUT2D eigenvalue weighted by molar-refractivity contribution is 5.96. The average molecular weight is 244 g/mol. The molecule has 0 fully saturated rings. The molecule has 0 unspecified atom stereocenters. The average Bonchev–Trinajstić information content (AvgIpc) is 2.11. The molecule has 0 radical (unpaired) electrons. The first kappa shape index (κ1) is 13.7. The molecule has 0 aliphatic carbocycles. The fourth-order valence-corrected chi connectivity index (χ4v) is 1.42. The summed E-state index contributed by atoms with van der Waals surface area (Å²) in [4.78, 5) is 11.6. The Kier molecular flexibility index (Phi) is 3.96. The summed E-state index contributed by atoms with van der Waals surface area (Å²) in [5.41, 5.74) is -0.738. The Balaban J connectivity index is 2.90. The molecule has 0 atom stereocenters. The second-order valence-electron chi connectivity index (χ2n) is 5.23. The Labute approximate surface area is 98.6 Å². The molecule has 0 bridgehead atoms. The van der Waals surface area contributed by atoms with Crippen molar-refractivity contribution in [2.45, 2.75) is 33.6 Å². The van der Waals surface area contributed by atoms with E-state index in [1.807, 2.05) is 20.8 Å². The maximum atomic E-state index is 13.3. The van der Waals surface area contributed by atoms with Crippen LogP contribution in [0.5, 0.6) is 0 Å². The summed E-state index contributed by atoms with van der Waals surface area (Å²) in [5, 5.41) is 0. The van der Waals surface area contributed by atoms with Crippen LogP contribution in [0.25, 0.3) is 0 Å². The molecule has 0 aliphatic heterocycles. The van der Waals surface area contributed by atoms with E-state index in [-0.39, 0.29) is 11.8 Å². The van der Waals surface area contributed by atoms with Gasteiger partial charge in [-0.05, 0) is 11.8 Å². The van der Waals surface area contributed by atoms with Gasteiger partial charge in [0.2, 0.25) is 0 Å². The zero-order chi connectivity index (χ0) is 13.2. The molecular weight excluding hydrogens is 229 g/mol. The van der Waals surface area contributed by atoms with Crippen LogP contribution in [-0.2, 0) is 0 Å². The lowest BCUT2D eigenvalue weighted by atomic mass is 9.88. The van der Waals surface area contributed by atoms with Crippen LogP contribution in [0, 0.1) is 22.9 Å². The number of carbonyl (C=O) groups is 1. The Hall–Kier alpha value is -1.32. The molecule has 0 saturated heterocycles. The minimum Gasteiger partial charge on any atom is -0.294 e. The Bertz CT molecular complexity index is 410. The van der Waals surface area contributed by atoms with Crippen LogP contribution in [0.1, 0.15) is 44.0 Å². The van der Waals surface area contributed by atoms with Gasteiger partial charge in [0, 0.05) is 18.6 Å². The molecule has 0 spiro atoms. The SMILES string of the molecule is CC(C)(C)CCC(=O)c1c(F)cc(F)cc1F. The van der Waals surface area contributed by atoms with Gasteiger partial charge in [0.15, 0.2) is 5.78 Å². The molecule has 4 heteroatoms. The predicted molar refractivity (Wildman–Crippen MR) is 59.3 cm³/mol. The van der Waals surface area contributed by atoms with Crippen LogP contribution in [0.15, 0.2) is 12.1 Å². The first-order valence-corrected chi connectivity index (χ1v) is 5.38. The van der Waals surface area contributed by atoms with E-state index >= 15 is 0 Å². The predicted octanol–water partition coefficient (Wildman–Crippen LogP) is 4.11. The highest BCUT2D eigenvalue weighted by Crippen LogP contribution is 2.24. The van der Waals surface area contributed by atoms with Gasteiger partial charge in [0.25, 0.3) is 0 Å². The van der Waals surface area contributed by atoms with E-state index in [0.29, 0.717) is 18.6 Å². The Morgan fingerprint density at radius 2 is 1.59 bits per heavy atom. The first-order valence-electron chi connectivity index (χ1n) is 5.38. The van der Waals surface area contributed by atoms with Crippen LogP contribution in [0.4, 0.5) is 13.2 Å². The van der Waals surface area contributed by atoms with Crippen molar-refractivity contribution in [3.05, 3.63) is 35.1 Å². The summed E-state index contributed by atoms with van der Waals surface area (Å²) in [6.07, 6.45) is 0.561. The molecule has 1 rings (SSSR count).